The largest absolute Gasteiger partial charge is 0.463 e. The summed E-state index contributed by atoms with van der Waals surface area (Å²) in [6.45, 7) is 0.912. The number of rotatable bonds is 8. The summed E-state index contributed by atoms with van der Waals surface area (Å²) in [6.07, 6.45) is 0. The fourth-order valence-electron chi connectivity index (χ4n) is 0.622. The van der Waals surface area contributed by atoms with Crippen molar-refractivity contribution in [2.45, 2.75) is 0 Å². The van der Waals surface area contributed by atoms with Crippen molar-refractivity contribution < 1.29 is 23.8 Å². The summed E-state index contributed by atoms with van der Waals surface area (Å²) < 4.78 is 14.4. The highest BCUT2D eigenvalue weighted by atomic mass is 32.1. The Hall–Kier alpha value is -0.400. The van der Waals surface area contributed by atoms with Crippen molar-refractivity contribution in [1.82, 2.24) is 0 Å². The Kier molecular flexibility index (Phi) is 9.86. The lowest BCUT2D eigenvalue weighted by atomic mass is 10.7. The minimum Gasteiger partial charge on any atom is -0.463 e. The molecule has 0 aliphatic carbocycles. The molecule has 0 amide bonds. The van der Waals surface area contributed by atoms with Gasteiger partial charge in [0.05, 0.1) is 24.7 Å². The highest BCUT2D eigenvalue weighted by molar-refractivity contribution is 7.81. The average Bonchev–Trinajstić information content (AvgIpc) is 2.26. The van der Waals surface area contributed by atoms with Gasteiger partial charge in [0, 0.05) is 0 Å². The quantitative estimate of drug-likeness (QED) is 0.361. The molecule has 0 N–H and O–H groups in total. The molecule has 0 saturated heterocycles. The third kappa shape index (κ3) is 9.89. The number of carbonyl (C=O) groups excluding carboxylic acids is 2. The lowest BCUT2D eigenvalue weighted by molar-refractivity contribution is -0.143. The highest BCUT2D eigenvalue weighted by Gasteiger charge is 1.99. The number of hydrogen-bond donors (Lipinski definition) is 2. The van der Waals surface area contributed by atoms with Crippen LogP contribution in [0.2, 0.25) is 0 Å². The van der Waals surface area contributed by atoms with E-state index in [1.54, 1.807) is 0 Å². The second kappa shape index (κ2) is 10.1. The first kappa shape index (κ1) is 14.6. The monoisotopic (exact) mass is 254 g/mol. The maximum Gasteiger partial charge on any atom is 0.315 e. The summed E-state index contributed by atoms with van der Waals surface area (Å²) in [7, 11) is 0. The van der Waals surface area contributed by atoms with Gasteiger partial charge in [-0.15, -0.1) is 0 Å². The Labute approximate surface area is 99.3 Å². The summed E-state index contributed by atoms with van der Waals surface area (Å²) in [5, 5.41) is 0. The SMILES string of the molecule is O=C(CS)OCCOCCOC(=O)CS. The van der Waals surface area contributed by atoms with E-state index in [0.29, 0.717) is 0 Å². The maximum absolute atomic E-state index is 10.6. The van der Waals surface area contributed by atoms with Gasteiger partial charge in [0.15, 0.2) is 0 Å². The molecular formula is C8H14O5S2. The predicted octanol–water partition coefficient (Wildman–Crippen LogP) is -0.0510. The summed E-state index contributed by atoms with van der Waals surface area (Å²) in [6, 6.07) is 0. The Balaban J connectivity index is 3.11. The number of ether oxygens (including phenoxy) is 3. The minimum absolute atomic E-state index is 0.0551. The fourth-order valence-corrected chi connectivity index (χ4v) is 0.805. The Bertz CT molecular complexity index is 177. The van der Waals surface area contributed by atoms with Gasteiger partial charge in [-0.25, -0.2) is 0 Å². The molecule has 0 aliphatic rings. The van der Waals surface area contributed by atoms with Gasteiger partial charge in [-0.2, -0.15) is 25.3 Å². The molecule has 0 aromatic heterocycles. The number of thiol groups is 2. The molecule has 15 heavy (non-hydrogen) atoms. The molecule has 0 bridgehead atoms. The average molecular weight is 254 g/mol. The lowest BCUT2D eigenvalue weighted by Crippen LogP contribution is -2.15. The molecule has 0 radical (unpaired) electrons. The lowest BCUT2D eigenvalue weighted by Gasteiger charge is -2.05. The molecule has 0 aromatic rings. The molecule has 0 atom stereocenters. The molecule has 0 aromatic carbocycles. The van der Waals surface area contributed by atoms with Crippen molar-refractivity contribution in [2.75, 3.05) is 37.9 Å². The molecule has 0 rings (SSSR count). The third-order valence-corrected chi connectivity index (χ3v) is 1.76. The summed E-state index contributed by atoms with van der Waals surface area (Å²) >= 11 is 7.45. The first-order valence-corrected chi connectivity index (χ1v) is 5.58. The van der Waals surface area contributed by atoms with Crippen LogP contribution in [0.3, 0.4) is 0 Å². The number of esters is 2. The molecular weight excluding hydrogens is 240 g/mol. The normalized spacial score (nSPS) is 9.73. The highest BCUT2D eigenvalue weighted by Crippen LogP contribution is 1.85. The topological polar surface area (TPSA) is 61.8 Å². The molecule has 0 unspecified atom stereocenters. The van der Waals surface area contributed by atoms with Crippen LogP contribution in [-0.2, 0) is 23.8 Å². The van der Waals surface area contributed by atoms with Crippen LogP contribution in [0.1, 0.15) is 0 Å². The zero-order valence-electron chi connectivity index (χ0n) is 8.18. The summed E-state index contributed by atoms with van der Waals surface area (Å²) in [4.78, 5) is 21.2. The van der Waals surface area contributed by atoms with Crippen LogP contribution in [0.15, 0.2) is 0 Å². The van der Waals surface area contributed by atoms with E-state index < -0.39 is 0 Å². The van der Waals surface area contributed by atoms with Gasteiger partial charge in [0.25, 0.3) is 0 Å². The Morgan fingerprint density at radius 1 is 0.800 bits per heavy atom. The minimum atomic E-state index is -0.386. The van der Waals surface area contributed by atoms with Crippen molar-refractivity contribution >= 4 is 37.2 Å². The van der Waals surface area contributed by atoms with Crippen LogP contribution in [0.5, 0.6) is 0 Å². The second-order valence-electron chi connectivity index (χ2n) is 2.37. The Morgan fingerprint density at radius 2 is 1.20 bits per heavy atom. The summed E-state index contributed by atoms with van der Waals surface area (Å²) in [5.74, 6) is -0.661. The first-order chi connectivity index (χ1) is 7.20. The smallest absolute Gasteiger partial charge is 0.315 e. The number of hydrogen-bond acceptors (Lipinski definition) is 7. The van der Waals surface area contributed by atoms with Crippen LogP contribution in [-0.4, -0.2) is 49.9 Å². The van der Waals surface area contributed by atoms with Crippen LogP contribution in [0, 0.1) is 0 Å². The van der Waals surface area contributed by atoms with Crippen LogP contribution in [0.25, 0.3) is 0 Å². The zero-order chi connectivity index (χ0) is 11.5. The standard InChI is InChI=1S/C8H14O5S2/c9-7(5-14)12-3-1-11-2-4-13-8(10)6-15/h14-15H,1-6H2. The van der Waals surface area contributed by atoms with Gasteiger partial charge in [0.2, 0.25) is 0 Å². The van der Waals surface area contributed by atoms with E-state index in [0.717, 1.165) is 0 Å². The number of carbonyl (C=O) groups is 2. The van der Waals surface area contributed by atoms with Gasteiger partial charge in [-0.05, 0) is 0 Å². The van der Waals surface area contributed by atoms with E-state index in [4.69, 9.17) is 4.74 Å². The molecule has 5 nitrogen and oxygen atoms in total. The third-order valence-electron chi connectivity index (χ3n) is 1.24. The van der Waals surface area contributed by atoms with Crippen molar-refractivity contribution in [3.8, 4) is 0 Å². The van der Waals surface area contributed by atoms with Crippen LogP contribution < -0.4 is 0 Å². The molecule has 0 fully saturated rings. The summed E-state index contributed by atoms with van der Waals surface area (Å²) in [5.41, 5.74) is 0. The Morgan fingerprint density at radius 3 is 1.53 bits per heavy atom. The molecule has 7 heteroatoms. The van der Waals surface area contributed by atoms with Crippen molar-refractivity contribution in [1.29, 1.82) is 0 Å². The van der Waals surface area contributed by atoms with Crippen molar-refractivity contribution in [2.24, 2.45) is 0 Å². The van der Waals surface area contributed by atoms with E-state index in [9.17, 15) is 9.59 Å². The van der Waals surface area contributed by atoms with Gasteiger partial charge >= 0.3 is 11.9 Å². The molecule has 0 heterocycles. The van der Waals surface area contributed by atoms with Gasteiger partial charge in [-0.3, -0.25) is 9.59 Å². The van der Waals surface area contributed by atoms with Crippen LogP contribution in [0.4, 0.5) is 0 Å². The second-order valence-corrected chi connectivity index (χ2v) is 3.00. The molecule has 0 saturated carbocycles. The zero-order valence-corrected chi connectivity index (χ0v) is 9.97. The van der Waals surface area contributed by atoms with E-state index >= 15 is 0 Å². The van der Waals surface area contributed by atoms with E-state index in [2.05, 4.69) is 34.7 Å². The fraction of sp³-hybridized carbons (Fsp3) is 0.750. The van der Waals surface area contributed by atoms with Gasteiger partial charge in [-0.1, -0.05) is 0 Å². The van der Waals surface area contributed by atoms with E-state index in [-0.39, 0.29) is 49.9 Å². The molecule has 88 valence electrons. The molecule has 0 aliphatic heterocycles. The molecule has 0 spiro atoms. The predicted molar refractivity (Wildman–Crippen MR) is 60.4 cm³/mol. The van der Waals surface area contributed by atoms with Crippen molar-refractivity contribution in [3.63, 3.8) is 0 Å². The van der Waals surface area contributed by atoms with Gasteiger partial charge < -0.3 is 14.2 Å². The van der Waals surface area contributed by atoms with Gasteiger partial charge in [0.1, 0.15) is 13.2 Å². The van der Waals surface area contributed by atoms with E-state index in [1.165, 1.54) is 0 Å². The van der Waals surface area contributed by atoms with E-state index in [1.807, 2.05) is 0 Å². The maximum atomic E-state index is 10.6. The van der Waals surface area contributed by atoms with Crippen LogP contribution >= 0.6 is 25.3 Å². The van der Waals surface area contributed by atoms with Crippen molar-refractivity contribution in [3.05, 3.63) is 0 Å². The first-order valence-electron chi connectivity index (χ1n) is 4.31.